The van der Waals surface area contributed by atoms with E-state index in [9.17, 15) is 4.79 Å². The molecule has 0 aliphatic heterocycles. The van der Waals surface area contributed by atoms with Gasteiger partial charge in [-0.1, -0.05) is 19.1 Å². The average Bonchev–Trinajstić information content (AvgIpc) is 2.30. The Kier molecular flexibility index (Phi) is 2.50. The van der Waals surface area contributed by atoms with E-state index in [2.05, 4.69) is 10.3 Å². The number of carboxylic acids is 1. The molecule has 0 saturated carbocycles. The molecule has 6 nitrogen and oxygen atoms in total. The number of aromatic carboxylic acids is 1. The Morgan fingerprint density at radius 3 is 2.77 bits per heavy atom. The van der Waals surface area contributed by atoms with Crippen LogP contribution in [0.3, 0.4) is 0 Å². The molecule has 0 aliphatic rings. The van der Waals surface area contributed by atoms with Gasteiger partial charge in [0, 0.05) is 6.54 Å². The van der Waals surface area contributed by atoms with Crippen molar-refractivity contribution in [3.8, 4) is 0 Å². The Balaban J connectivity index is 3.00. The minimum absolute atomic E-state index is 0.0336. The molecule has 1 heterocycles. The molecule has 1 aromatic heterocycles. The van der Waals surface area contributed by atoms with Gasteiger partial charge in [-0.2, -0.15) is 0 Å². The fourth-order valence-electron chi connectivity index (χ4n) is 1.02. The summed E-state index contributed by atoms with van der Waals surface area (Å²) in [5.74, 6) is -0.824. The molecular formula is C7H12N4O2. The van der Waals surface area contributed by atoms with Gasteiger partial charge in [-0.15, -0.1) is 5.10 Å². The highest BCUT2D eigenvalue weighted by Crippen LogP contribution is 2.09. The first kappa shape index (κ1) is 9.50. The zero-order chi connectivity index (χ0) is 10.0. The minimum Gasteiger partial charge on any atom is -0.476 e. The molecule has 1 rings (SSSR count). The minimum atomic E-state index is -1.09. The molecule has 0 spiro atoms. The van der Waals surface area contributed by atoms with Crippen molar-refractivity contribution in [1.29, 1.82) is 0 Å². The van der Waals surface area contributed by atoms with Crippen molar-refractivity contribution in [3.05, 3.63) is 5.69 Å². The first-order chi connectivity index (χ1) is 6.02. The second-order valence-corrected chi connectivity index (χ2v) is 3.20. The molecule has 3 N–H and O–H groups in total. The zero-order valence-corrected chi connectivity index (χ0v) is 7.56. The molecule has 0 saturated heterocycles. The Morgan fingerprint density at radius 1 is 1.69 bits per heavy atom. The van der Waals surface area contributed by atoms with E-state index in [0.29, 0.717) is 12.5 Å². The summed E-state index contributed by atoms with van der Waals surface area (Å²) in [5.41, 5.74) is 5.31. The van der Waals surface area contributed by atoms with Crippen LogP contribution in [0.5, 0.6) is 0 Å². The number of rotatable bonds is 3. The maximum atomic E-state index is 10.7. The molecule has 13 heavy (non-hydrogen) atoms. The molecular weight excluding hydrogens is 172 g/mol. The maximum absolute atomic E-state index is 10.7. The van der Waals surface area contributed by atoms with Crippen LogP contribution >= 0.6 is 0 Å². The SMILES string of the molecule is CC(C)Cn1nnc(N)c1C(=O)O. The molecule has 6 heteroatoms. The largest absolute Gasteiger partial charge is 0.476 e. The molecule has 0 radical (unpaired) electrons. The lowest BCUT2D eigenvalue weighted by molar-refractivity contribution is 0.0683. The van der Waals surface area contributed by atoms with Gasteiger partial charge >= 0.3 is 5.97 Å². The van der Waals surface area contributed by atoms with Gasteiger partial charge in [0.05, 0.1) is 0 Å². The highest BCUT2D eigenvalue weighted by atomic mass is 16.4. The van der Waals surface area contributed by atoms with Crippen molar-refractivity contribution < 1.29 is 9.90 Å². The van der Waals surface area contributed by atoms with Crippen molar-refractivity contribution in [3.63, 3.8) is 0 Å². The Labute approximate surface area is 75.3 Å². The molecule has 0 atom stereocenters. The number of hydrogen-bond acceptors (Lipinski definition) is 4. The lowest BCUT2D eigenvalue weighted by atomic mass is 10.2. The van der Waals surface area contributed by atoms with Crippen LogP contribution in [0.4, 0.5) is 5.82 Å². The van der Waals surface area contributed by atoms with Crippen LogP contribution in [0.2, 0.25) is 0 Å². The van der Waals surface area contributed by atoms with Crippen LogP contribution in [-0.2, 0) is 6.54 Å². The van der Waals surface area contributed by atoms with Crippen LogP contribution in [0, 0.1) is 5.92 Å². The molecule has 0 aliphatic carbocycles. The van der Waals surface area contributed by atoms with Gasteiger partial charge in [0.2, 0.25) is 0 Å². The predicted molar refractivity (Wildman–Crippen MR) is 46.2 cm³/mol. The van der Waals surface area contributed by atoms with E-state index >= 15 is 0 Å². The van der Waals surface area contributed by atoms with Crippen molar-refractivity contribution in [2.24, 2.45) is 5.92 Å². The maximum Gasteiger partial charge on any atom is 0.358 e. The summed E-state index contributed by atoms with van der Waals surface area (Å²) in [7, 11) is 0. The third-order valence-corrected chi connectivity index (χ3v) is 1.50. The predicted octanol–water partition coefficient (Wildman–Crippen LogP) is 0.214. The van der Waals surface area contributed by atoms with Gasteiger partial charge < -0.3 is 10.8 Å². The third kappa shape index (κ3) is 1.95. The molecule has 0 fully saturated rings. The number of carboxylic acid groups (broad SMARTS) is 1. The van der Waals surface area contributed by atoms with Gasteiger partial charge in [-0.05, 0) is 5.92 Å². The van der Waals surface area contributed by atoms with Crippen molar-refractivity contribution in [1.82, 2.24) is 15.0 Å². The van der Waals surface area contributed by atoms with Gasteiger partial charge in [-0.25, -0.2) is 9.48 Å². The highest BCUT2D eigenvalue weighted by Gasteiger charge is 2.17. The van der Waals surface area contributed by atoms with Crippen molar-refractivity contribution in [2.75, 3.05) is 5.73 Å². The van der Waals surface area contributed by atoms with E-state index in [1.54, 1.807) is 0 Å². The number of carbonyl (C=O) groups is 1. The zero-order valence-electron chi connectivity index (χ0n) is 7.56. The lowest BCUT2D eigenvalue weighted by Crippen LogP contribution is -2.14. The van der Waals surface area contributed by atoms with E-state index < -0.39 is 5.97 Å². The first-order valence-electron chi connectivity index (χ1n) is 3.94. The summed E-state index contributed by atoms with van der Waals surface area (Å²) >= 11 is 0. The molecule has 0 bridgehead atoms. The summed E-state index contributed by atoms with van der Waals surface area (Å²) in [6, 6.07) is 0. The molecule has 0 aromatic carbocycles. The number of anilines is 1. The smallest absolute Gasteiger partial charge is 0.358 e. The van der Waals surface area contributed by atoms with E-state index in [0.717, 1.165) is 0 Å². The fourth-order valence-corrected chi connectivity index (χ4v) is 1.02. The summed E-state index contributed by atoms with van der Waals surface area (Å²) in [4.78, 5) is 10.7. The average molecular weight is 184 g/mol. The van der Waals surface area contributed by atoms with Crippen LogP contribution in [0.15, 0.2) is 0 Å². The Hall–Kier alpha value is -1.59. The van der Waals surface area contributed by atoms with Crippen molar-refractivity contribution >= 4 is 11.8 Å². The summed E-state index contributed by atoms with van der Waals surface area (Å²) in [6.45, 7) is 4.43. The Morgan fingerprint density at radius 2 is 2.31 bits per heavy atom. The normalized spacial score (nSPS) is 10.7. The van der Waals surface area contributed by atoms with E-state index in [-0.39, 0.29) is 11.5 Å². The van der Waals surface area contributed by atoms with E-state index in [1.165, 1.54) is 4.68 Å². The quantitative estimate of drug-likeness (QED) is 0.700. The molecule has 0 amide bonds. The standard InChI is InChI=1S/C7H12N4O2/c1-4(2)3-11-5(7(12)13)6(8)9-10-11/h4H,3,8H2,1-2H3,(H,12,13). The number of nitrogen functional groups attached to an aromatic ring is 1. The van der Waals surface area contributed by atoms with Crippen molar-refractivity contribution in [2.45, 2.75) is 20.4 Å². The van der Waals surface area contributed by atoms with Gasteiger partial charge in [0.15, 0.2) is 11.5 Å². The topological polar surface area (TPSA) is 94.0 Å². The monoisotopic (exact) mass is 184 g/mol. The van der Waals surface area contributed by atoms with Crippen LogP contribution < -0.4 is 5.73 Å². The fraction of sp³-hybridized carbons (Fsp3) is 0.571. The highest BCUT2D eigenvalue weighted by molar-refractivity contribution is 5.90. The second kappa shape index (κ2) is 3.42. The van der Waals surface area contributed by atoms with Crippen LogP contribution in [0.1, 0.15) is 24.3 Å². The number of nitrogens with two attached hydrogens (primary N) is 1. The first-order valence-corrected chi connectivity index (χ1v) is 3.94. The number of aromatic nitrogens is 3. The van der Waals surface area contributed by atoms with Crippen LogP contribution in [0.25, 0.3) is 0 Å². The van der Waals surface area contributed by atoms with E-state index in [1.807, 2.05) is 13.8 Å². The molecule has 1 aromatic rings. The second-order valence-electron chi connectivity index (χ2n) is 3.20. The summed E-state index contributed by atoms with van der Waals surface area (Å²) in [6.07, 6.45) is 0. The molecule has 0 unspecified atom stereocenters. The summed E-state index contributed by atoms with van der Waals surface area (Å²) < 4.78 is 1.31. The molecule has 72 valence electrons. The van der Waals surface area contributed by atoms with Crippen LogP contribution in [-0.4, -0.2) is 26.1 Å². The lowest BCUT2D eigenvalue weighted by Gasteiger charge is -2.05. The third-order valence-electron chi connectivity index (χ3n) is 1.50. The number of hydrogen-bond donors (Lipinski definition) is 2. The van der Waals surface area contributed by atoms with Gasteiger partial charge in [-0.3, -0.25) is 0 Å². The van der Waals surface area contributed by atoms with E-state index in [4.69, 9.17) is 10.8 Å². The number of nitrogens with zero attached hydrogens (tertiary/aromatic N) is 3. The summed E-state index contributed by atoms with van der Waals surface area (Å²) in [5, 5.41) is 15.9. The Bertz CT molecular complexity index is 318. The van der Waals surface area contributed by atoms with Gasteiger partial charge in [0.1, 0.15) is 0 Å². The van der Waals surface area contributed by atoms with Gasteiger partial charge in [0.25, 0.3) is 0 Å².